The number of hydrogen-bond acceptors (Lipinski definition) is 2. The van der Waals surface area contributed by atoms with Crippen molar-refractivity contribution in [3.8, 4) is 0 Å². The van der Waals surface area contributed by atoms with Gasteiger partial charge in [-0.1, -0.05) is 12.1 Å². The largest absolute Gasteiger partial charge is 0.367 e. The first-order chi connectivity index (χ1) is 8.25. The molecule has 0 bridgehead atoms. The maximum absolute atomic E-state index is 2.50. The summed E-state index contributed by atoms with van der Waals surface area (Å²) in [6.45, 7) is 4.56. The molecule has 0 unspecified atom stereocenters. The van der Waals surface area contributed by atoms with Crippen molar-refractivity contribution in [2.75, 3.05) is 38.1 Å². The fraction of sp³-hybridized carbons (Fsp3) is 0.429. The molecule has 0 atom stereocenters. The van der Waals surface area contributed by atoms with Crippen molar-refractivity contribution in [1.29, 1.82) is 0 Å². The van der Waals surface area contributed by atoms with E-state index in [0.29, 0.717) is 0 Å². The second kappa shape index (κ2) is 4.08. The molecule has 1 fully saturated rings. The highest BCUT2D eigenvalue weighted by Gasteiger charge is 2.17. The van der Waals surface area contributed by atoms with Gasteiger partial charge < -0.3 is 14.4 Å². The van der Waals surface area contributed by atoms with Crippen LogP contribution in [0.15, 0.2) is 30.5 Å². The molecule has 3 heteroatoms. The summed E-state index contributed by atoms with van der Waals surface area (Å²) in [6, 6.07) is 8.79. The first-order valence-electron chi connectivity index (χ1n) is 6.23. The van der Waals surface area contributed by atoms with Gasteiger partial charge in [-0.25, -0.2) is 0 Å². The zero-order chi connectivity index (χ0) is 11.8. The second-order valence-electron chi connectivity index (χ2n) is 4.93. The normalized spacial score (nSPS) is 17.9. The molecule has 0 radical (unpaired) electrons. The Bertz CT molecular complexity index is 521. The van der Waals surface area contributed by atoms with Crippen molar-refractivity contribution in [3.05, 3.63) is 30.5 Å². The van der Waals surface area contributed by atoms with Crippen LogP contribution in [-0.2, 0) is 7.05 Å². The number of piperazine rings is 1. The van der Waals surface area contributed by atoms with Crippen molar-refractivity contribution >= 4 is 16.6 Å². The Morgan fingerprint density at radius 2 is 1.71 bits per heavy atom. The number of hydrogen-bond donors (Lipinski definition) is 0. The lowest BCUT2D eigenvalue weighted by atomic mass is 10.2. The highest BCUT2D eigenvalue weighted by Crippen LogP contribution is 2.27. The third kappa shape index (κ3) is 1.80. The SMILES string of the molecule is CN1CCN(c2cccc3ccn(C)c23)CC1. The van der Waals surface area contributed by atoms with Crippen LogP contribution in [0.1, 0.15) is 0 Å². The molecule has 0 saturated carbocycles. The van der Waals surface area contributed by atoms with Gasteiger partial charge in [-0.05, 0) is 19.2 Å². The van der Waals surface area contributed by atoms with Crippen LogP contribution in [0.25, 0.3) is 10.9 Å². The number of aryl methyl sites for hydroxylation is 1. The lowest BCUT2D eigenvalue weighted by Gasteiger charge is -2.34. The number of likely N-dealkylation sites (N-methyl/N-ethyl adjacent to an activating group) is 1. The van der Waals surface area contributed by atoms with E-state index in [2.05, 4.69) is 58.9 Å². The first-order valence-corrected chi connectivity index (χ1v) is 6.23. The Hall–Kier alpha value is -1.48. The molecule has 17 heavy (non-hydrogen) atoms. The molecule has 0 N–H and O–H groups in total. The summed E-state index contributed by atoms with van der Waals surface area (Å²) < 4.78 is 2.23. The highest BCUT2D eigenvalue weighted by molar-refractivity contribution is 5.92. The van der Waals surface area contributed by atoms with Gasteiger partial charge in [-0.2, -0.15) is 0 Å². The maximum Gasteiger partial charge on any atom is 0.0715 e. The van der Waals surface area contributed by atoms with E-state index >= 15 is 0 Å². The van der Waals surface area contributed by atoms with Crippen LogP contribution in [0.2, 0.25) is 0 Å². The number of fused-ring (bicyclic) bond motifs is 1. The molecule has 2 heterocycles. The van der Waals surface area contributed by atoms with Gasteiger partial charge in [-0.15, -0.1) is 0 Å². The maximum atomic E-state index is 2.50. The number of nitrogens with zero attached hydrogens (tertiary/aromatic N) is 3. The van der Waals surface area contributed by atoms with E-state index in [0.717, 1.165) is 26.2 Å². The van der Waals surface area contributed by atoms with Gasteiger partial charge in [0.05, 0.1) is 11.2 Å². The standard InChI is InChI=1S/C14H19N3/c1-15-8-10-17(11-9-15)13-5-3-4-12-6-7-16(2)14(12)13/h3-7H,8-11H2,1-2H3. The number of benzene rings is 1. The van der Waals surface area contributed by atoms with Crippen LogP contribution < -0.4 is 4.90 Å². The molecule has 90 valence electrons. The Labute approximate surface area is 102 Å². The number of anilines is 1. The van der Waals surface area contributed by atoms with Crippen molar-refractivity contribution in [3.63, 3.8) is 0 Å². The van der Waals surface area contributed by atoms with Crippen molar-refractivity contribution in [2.45, 2.75) is 0 Å². The van der Waals surface area contributed by atoms with Gasteiger partial charge in [0, 0.05) is 44.8 Å². The van der Waals surface area contributed by atoms with Crippen LogP contribution >= 0.6 is 0 Å². The summed E-state index contributed by atoms with van der Waals surface area (Å²) in [4.78, 5) is 4.89. The van der Waals surface area contributed by atoms with E-state index in [1.54, 1.807) is 0 Å². The number of para-hydroxylation sites is 1. The summed E-state index contributed by atoms with van der Waals surface area (Å²) in [5, 5.41) is 1.34. The monoisotopic (exact) mass is 229 g/mol. The molecule has 2 aromatic rings. The summed E-state index contributed by atoms with van der Waals surface area (Å²) in [7, 11) is 4.32. The van der Waals surface area contributed by atoms with E-state index in [4.69, 9.17) is 0 Å². The smallest absolute Gasteiger partial charge is 0.0715 e. The van der Waals surface area contributed by atoms with Crippen molar-refractivity contribution in [2.24, 2.45) is 7.05 Å². The van der Waals surface area contributed by atoms with Crippen molar-refractivity contribution < 1.29 is 0 Å². The van der Waals surface area contributed by atoms with Crippen LogP contribution in [0.3, 0.4) is 0 Å². The summed E-state index contributed by atoms with van der Waals surface area (Å²) in [5.74, 6) is 0. The van der Waals surface area contributed by atoms with Gasteiger partial charge in [0.25, 0.3) is 0 Å². The quantitative estimate of drug-likeness (QED) is 0.740. The number of rotatable bonds is 1. The predicted molar refractivity (Wildman–Crippen MR) is 72.6 cm³/mol. The summed E-state index contributed by atoms with van der Waals surface area (Å²) >= 11 is 0. The van der Waals surface area contributed by atoms with Crippen LogP contribution in [0.4, 0.5) is 5.69 Å². The average Bonchev–Trinajstić information content (AvgIpc) is 2.73. The van der Waals surface area contributed by atoms with Gasteiger partial charge in [0.15, 0.2) is 0 Å². The third-order valence-corrected chi connectivity index (χ3v) is 3.72. The Kier molecular flexibility index (Phi) is 2.56. The molecule has 1 aromatic carbocycles. The summed E-state index contributed by atoms with van der Waals surface area (Å²) in [5.41, 5.74) is 2.74. The Morgan fingerprint density at radius 3 is 2.47 bits per heavy atom. The molecule has 1 aliphatic heterocycles. The van der Waals surface area contributed by atoms with Crippen LogP contribution in [-0.4, -0.2) is 42.7 Å². The van der Waals surface area contributed by atoms with E-state index in [1.807, 2.05) is 0 Å². The Morgan fingerprint density at radius 1 is 0.941 bits per heavy atom. The highest BCUT2D eigenvalue weighted by atomic mass is 15.3. The van der Waals surface area contributed by atoms with Crippen molar-refractivity contribution in [1.82, 2.24) is 9.47 Å². The van der Waals surface area contributed by atoms with E-state index < -0.39 is 0 Å². The molecular formula is C14H19N3. The molecule has 3 rings (SSSR count). The topological polar surface area (TPSA) is 11.4 Å². The molecule has 1 aromatic heterocycles. The zero-order valence-corrected chi connectivity index (χ0v) is 10.6. The third-order valence-electron chi connectivity index (χ3n) is 3.72. The average molecular weight is 229 g/mol. The molecule has 0 aliphatic carbocycles. The molecule has 1 aliphatic rings. The molecular weight excluding hydrogens is 210 g/mol. The van der Waals surface area contributed by atoms with Crippen LogP contribution in [0, 0.1) is 0 Å². The predicted octanol–water partition coefficient (Wildman–Crippen LogP) is 1.93. The van der Waals surface area contributed by atoms with Crippen LogP contribution in [0.5, 0.6) is 0 Å². The minimum atomic E-state index is 1.13. The van der Waals surface area contributed by atoms with E-state index in [-0.39, 0.29) is 0 Å². The lowest BCUT2D eigenvalue weighted by Crippen LogP contribution is -2.44. The van der Waals surface area contributed by atoms with E-state index in [9.17, 15) is 0 Å². The molecule has 3 nitrogen and oxygen atoms in total. The molecule has 0 amide bonds. The van der Waals surface area contributed by atoms with Gasteiger partial charge in [-0.3, -0.25) is 0 Å². The lowest BCUT2D eigenvalue weighted by molar-refractivity contribution is 0.313. The number of aromatic nitrogens is 1. The Balaban J connectivity index is 2.02. The first kappa shape index (κ1) is 10.7. The minimum absolute atomic E-state index is 1.13. The fourth-order valence-corrected chi connectivity index (χ4v) is 2.64. The fourth-order valence-electron chi connectivity index (χ4n) is 2.64. The second-order valence-corrected chi connectivity index (χ2v) is 4.93. The van der Waals surface area contributed by atoms with Gasteiger partial charge in [0.2, 0.25) is 0 Å². The van der Waals surface area contributed by atoms with Gasteiger partial charge >= 0.3 is 0 Å². The minimum Gasteiger partial charge on any atom is -0.367 e. The summed E-state index contributed by atoms with van der Waals surface area (Å²) in [6.07, 6.45) is 2.14. The van der Waals surface area contributed by atoms with E-state index in [1.165, 1.54) is 16.6 Å². The zero-order valence-electron chi connectivity index (χ0n) is 10.6. The molecule has 0 spiro atoms. The molecule has 1 saturated heterocycles. The van der Waals surface area contributed by atoms with Gasteiger partial charge in [0.1, 0.15) is 0 Å².